The fraction of sp³-hybridized carbons (Fsp3) is 0.588. The predicted octanol–water partition coefficient (Wildman–Crippen LogP) is 2.68. The maximum absolute atomic E-state index is 12.1. The van der Waals surface area contributed by atoms with Gasteiger partial charge in [-0.2, -0.15) is 0 Å². The highest BCUT2D eigenvalue weighted by Crippen LogP contribution is 2.21. The molecular weight excluding hydrogens is 310 g/mol. The normalized spacial score (nSPS) is 15.8. The molecule has 2 heterocycles. The second kappa shape index (κ2) is 7.51. The van der Waals surface area contributed by atoms with E-state index in [0.29, 0.717) is 24.3 Å². The number of rotatable bonds is 3. The predicted molar refractivity (Wildman–Crippen MR) is 90.0 cm³/mol. The van der Waals surface area contributed by atoms with E-state index in [-0.39, 0.29) is 12.1 Å². The number of esters is 1. The number of methoxy groups -OCH3 is 1. The smallest absolute Gasteiger partial charge is 0.410 e. The second-order valence-corrected chi connectivity index (χ2v) is 6.80. The van der Waals surface area contributed by atoms with E-state index in [0.717, 1.165) is 12.8 Å². The standard InChI is InChI=1S/C17H25N3O4/c1-17(2,3)24-16(22)20-9-6-12(7-10-20)19-14-11-18-8-5-13(14)15(21)23-4/h5,8,11-12,19H,6-7,9-10H2,1-4H3. The molecule has 0 saturated carbocycles. The summed E-state index contributed by atoms with van der Waals surface area (Å²) in [5, 5.41) is 3.33. The zero-order valence-electron chi connectivity index (χ0n) is 14.7. The Bertz CT molecular complexity index is 590. The Morgan fingerprint density at radius 3 is 2.54 bits per heavy atom. The molecule has 0 radical (unpaired) electrons. The van der Waals surface area contributed by atoms with E-state index in [1.54, 1.807) is 23.4 Å². The van der Waals surface area contributed by atoms with Crippen molar-refractivity contribution in [2.24, 2.45) is 0 Å². The first kappa shape index (κ1) is 18.0. The van der Waals surface area contributed by atoms with Crippen molar-refractivity contribution in [1.82, 2.24) is 9.88 Å². The van der Waals surface area contributed by atoms with E-state index in [4.69, 9.17) is 9.47 Å². The van der Waals surface area contributed by atoms with Gasteiger partial charge in [0.25, 0.3) is 0 Å². The van der Waals surface area contributed by atoms with Crippen LogP contribution >= 0.6 is 0 Å². The van der Waals surface area contributed by atoms with E-state index >= 15 is 0 Å². The summed E-state index contributed by atoms with van der Waals surface area (Å²) in [5.74, 6) is -0.397. The number of ether oxygens (including phenoxy) is 2. The number of pyridine rings is 1. The van der Waals surface area contributed by atoms with Gasteiger partial charge in [0.2, 0.25) is 0 Å². The van der Waals surface area contributed by atoms with Gasteiger partial charge in [0.1, 0.15) is 5.60 Å². The molecule has 1 aromatic rings. The van der Waals surface area contributed by atoms with Gasteiger partial charge in [-0.3, -0.25) is 4.98 Å². The van der Waals surface area contributed by atoms with E-state index in [1.807, 2.05) is 20.8 Å². The molecule has 0 spiro atoms. The topological polar surface area (TPSA) is 80.8 Å². The molecular formula is C17H25N3O4. The highest BCUT2D eigenvalue weighted by atomic mass is 16.6. The third kappa shape index (κ3) is 4.84. The number of nitrogens with one attached hydrogen (secondary N) is 1. The van der Waals surface area contributed by atoms with E-state index in [9.17, 15) is 9.59 Å². The monoisotopic (exact) mass is 335 g/mol. The summed E-state index contributed by atoms with van der Waals surface area (Å²) in [7, 11) is 1.35. The molecule has 1 saturated heterocycles. The van der Waals surface area contributed by atoms with Crippen molar-refractivity contribution < 1.29 is 19.1 Å². The summed E-state index contributed by atoms with van der Waals surface area (Å²) in [6, 6.07) is 1.79. The number of aromatic nitrogens is 1. The van der Waals surface area contributed by atoms with Crippen LogP contribution in [-0.2, 0) is 9.47 Å². The van der Waals surface area contributed by atoms with Gasteiger partial charge in [0, 0.05) is 25.3 Å². The molecule has 0 unspecified atom stereocenters. The fourth-order valence-electron chi connectivity index (χ4n) is 2.55. The molecule has 0 aromatic carbocycles. The number of nitrogens with zero attached hydrogens (tertiary/aromatic N) is 2. The molecule has 0 aliphatic carbocycles. The Morgan fingerprint density at radius 1 is 1.29 bits per heavy atom. The van der Waals surface area contributed by atoms with Crippen molar-refractivity contribution in [3.63, 3.8) is 0 Å². The number of piperidine rings is 1. The molecule has 1 fully saturated rings. The van der Waals surface area contributed by atoms with Crippen LogP contribution in [0.3, 0.4) is 0 Å². The molecule has 1 aliphatic rings. The lowest BCUT2D eigenvalue weighted by Gasteiger charge is -2.34. The maximum Gasteiger partial charge on any atom is 0.410 e. The fourth-order valence-corrected chi connectivity index (χ4v) is 2.55. The molecule has 1 amide bonds. The van der Waals surface area contributed by atoms with Crippen LogP contribution in [0.15, 0.2) is 18.5 Å². The van der Waals surface area contributed by atoms with E-state index < -0.39 is 11.6 Å². The van der Waals surface area contributed by atoms with E-state index in [2.05, 4.69) is 10.3 Å². The third-order valence-corrected chi connectivity index (χ3v) is 3.73. The molecule has 2 rings (SSSR count). The van der Waals surface area contributed by atoms with Crippen LogP contribution in [0.1, 0.15) is 44.0 Å². The van der Waals surface area contributed by atoms with Crippen LogP contribution in [0, 0.1) is 0 Å². The lowest BCUT2D eigenvalue weighted by Crippen LogP contribution is -2.44. The zero-order valence-corrected chi connectivity index (χ0v) is 14.7. The van der Waals surface area contributed by atoms with Crippen molar-refractivity contribution in [3.05, 3.63) is 24.0 Å². The molecule has 1 N–H and O–H groups in total. The van der Waals surface area contributed by atoms with Crippen molar-refractivity contribution in [2.45, 2.75) is 45.3 Å². The molecule has 7 heteroatoms. The van der Waals surface area contributed by atoms with Crippen LogP contribution in [0.25, 0.3) is 0 Å². The number of likely N-dealkylation sites (tertiary alicyclic amines) is 1. The number of hydrogen-bond donors (Lipinski definition) is 1. The SMILES string of the molecule is COC(=O)c1ccncc1NC1CCN(C(=O)OC(C)(C)C)CC1. The Kier molecular flexibility index (Phi) is 5.64. The van der Waals surface area contributed by atoms with Gasteiger partial charge >= 0.3 is 12.1 Å². The van der Waals surface area contributed by atoms with Gasteiger partial charge in [-0.05, 0) is 39.7 Å². The summed E-state index contributed by atoms with van der Waals surface area (Å²) < 4.78 is 10.2. The zero-order chi connectivity index (χ0) is 17.7. The van der Waals surface area contributed by atoms with Crippen LogP contribution in [0.5, 0.6) is 0 Å². The summed E-state index contributed by atoms with van der Waals surface area (Å²) in [6.07, 6.45) is 4.44. The minimum Gasteiger partial charge on any atom is -0.465 e. The number of carbonyl (C=O) groups is 2. The van der Waals surface area contributed by atoms with Crippen molar-refractivity contribution in [2.75, 3.05) is 25.5 Å². The summed E-state index contributed by atoms with van der Waals surface area (Å²) in [4.78, 5) is 29.6. The van der Waals surface area contributed by atoms with Gasteiger partial charge in [-0.25, -0.2) is 9.59 Å². The number of amides is 1. The van der Waals surface area contributed by atoms with Gasteiger partial charge in [-0.15, -0.1) is 0 Å². The molecule has 0 bridgehead atoms. The van der Waals surface area contributed by atoms with Crippen LogP contribution in [-0.4, -0.2) is 53.8 Å². The highest BCUT2D eigenvalue weighted by Gasteiger charge is 2.27. The Hall–Kier alpha value is -2.31. The largest absolute Gasteiger partial charge is 0.465 e. The first-order valence-corrected chi connectivity index (χ1v) is 8.07. The first-order valence-electron chi connectivity index (χ1n) is 8.07. The first-order chi connectivity index (χ1) is 11.3. The minimum atomic E-state index is -0.489. The van der Waals surface area contributed by atoms with Gasteiger partial charge in [-0.1, -0.05) is 0 Å². The van der Waals surface area contributed by atoms with Crippen LogP contribution in [0.4, 0.5) is 10.5 Å². The molecule has 1 aliphatic heterocycles. The quantitative estimate of drug-likeness (QED) is 0.856. The molecule has 0 atom stereocenters. The minimum absolute atomic E-state index is 0.163. The Balaban J connectivity index is 1.92. The lowest BCUT2D eigenvalue weighted by molar-refractivity contribution is 0.0210. The lowest BCUT2D eigenvalue weighted by atomic mass is 10.0. The maximum atomic E-state index is 12.1. The van der Waals surface area contributed by atoms with Crippen molar-refractivity contribution in [3.8, 4) is 0 Å². The van der Waals surface area contributed by atoms with Gasteiger partial charge < -0.3 is 19.7 Å². The molecule has 132 valence electrons. The van der Waals surface area contributed by atoms with Gasteiger partial charge in [0.15, 0.2) is 0 Å². The van der Waals surface area contributed by atoms with Crippen molar-refractivity contribution >= 4 is 17.7 Å². The average molecular weight is 335 g/mol. The third-order valence-electron chi connectivity index (χ3n) is 3.73. The van der Waals surface area contributed by atoms with E-state index in [1.165, 1.54) is 7.11 Å². The second-order valence-electron chi connectivity index (χ2n) is 6.80. The summed E-state index contributed by atoms with van der Waals surface area (Å²) in [6.45, 7) is 6.79. The molecule has 1 aromatic heterocycles. The van der Waals surface area contributed by atoms with Gasteiger partial charge in [0.05, 0.1) is 24.6 Å². The van der Waals surface area contributed by atoms with Crippen molar-refractivity contribution in [1.29, 1.82) is 0 Å². The van der Waals surface area contributed by atoms with Crippen LogP contribution in [0.2, 0.25) is 0 Å². The molecule has 24 heavy (non-hydrogen) atoms. The number of carbonyl (C=O) groups excluding carboxylic acids is 2. The molecule has 7 nitrogen and oxygen atoms in total. The van der Waals surface area contributed by atoms with Crippen LogP contribution < -0.4 is 5.32 Å². The Morgan fingerprint density at radius 2 is 1.96 bits per heavy atom. The highest BCUT2D eigenvalue weighted by molar-refractivity contribution is 5.95. The number of hydrogen-bond acceptors (Lipinski definition) is 6. The average Bonchev–Trinajstić information content (AvgIpc) is 2.53. The summed E-state index contributed by atoms with van der Waals surface area (Å²) in [5.41, 5.74) is 0.624. The summed E-state index contributed by atoms with van der Waals surface area (Å²) >= 11 is 0. The number of anilines is 1. The Labute approximate surface area is 142 Å².